The third-order valence-corrected chi connectivity index (χ3v) is 5.21. The minimum Gasteiger partial charge on any atom is -0.418 e. The third-order valence-electron chi connectivity index (χ3n) is 2.08. The Labute approximate surface area is 80.2 Å². The van der Waals surface area contributed by atoms with Crippen molar-refractivity contribution in [3.05, 3.63) is 0 Å². The lowest BCUT2D eigenvalue weighted by molar-refractivity contribution is 0.0882. The van der Waals surface area contributed by atoms with E-state index >= 15 is 0 Å². The molecule has 0 aliphatic carbocycles. The number of hydrogen-bond donors (Lipinski definition) is 1. The van der Waals surface area contributed by atoms with Crippen molar-refractivity contribution in [1.29, 1.82) is 0 Å². The standard InChI is InChI=1S/C8H19F2NOSi/c1-8(2,3)13(4)12-5-6(11)7(9)10/h6-7,13H,5,11H2,1-4H3/t6-,13?/m0/s1. The highest BCUT2D eigenvalue weighted by Crippen LogP contribution is 2.27. The van der Waals surface area contributed by atoms with Crippen LogP contribution in [0.2, 0.25) is 11.6 Å². The van der Waals surface area contributed by atoms with Crippen LogP contribution in [0.5, 0.6) is 0 Å². The fraction of sp³-hybridized carbons (Fsp3) is 1.00. The van der Waals surface area contributed by atoms with Crippen LogP contribution < -0.4 is 5.73 Å². The van der Waals surface area contributed by atoms with Gasteiger partial charge in [0.25, 0.3) is 6.43 Å². The number of alkyl halides is 2. The maximum Gasteiger partial charge on any atom is 0.255 e. The first-order valence-electron chi connectivity index (χ1n) is 4.40. The molecular weight excluding hydrogens is 192 g/mol. The van der Waals surface area contributed by atoms with Crippen molar-refractivity contribution in [2.75, 3.05) is 6.61 Å². The second kappa shape index (κ2) is 5.02. The molecule has 13 heavy (non-hydrogen) atoms. The minimum atomic E-state index is -2.49. The quantitative estimate of drug-likeness (QED) is 0.719. The van der Waals surface area contributed by atoms with Crippen LogP contribution in [0.1, 0.15) is 20.8 Å². The molecule has 0 aliphatic rings. The first-order valence-corrected chi connectivity index (χ1v) is 6.61. The van der Waals surface area contributed by atoms with Gasteiger partial charge in [-0.15, -0.1) is 0 Å². The zero-order valence-electron chi connectivity index (χ0n) is 8.68. The van der Waals surface area contributed by atoms with E-state index in [9.17, 15) is 8.78 Å². The average Bonchev–Trinajstić information content (AvgIpc) is 1.97. The molecule has 0 rings (SSSR count). The molecule has 0 aromatic carbocycles. The van der Waals surface area contributed by atoms with Crippen molar-refractivity contribution in [1.82, 2.24) is 0 Å². The molecule has 0 saturated carbocycles. The number of nitrogens with two attached hydrogens (primary N) is 1. The summed E-state index contributed by atoms with van der Waals surface area (Å²) in [7, 11) is -1.40. The van der Waals surface area contributed by atoms with Gasteiger partial charge in [0.2, 0.25) is 0 Å². The minimum absolute atomic E-state index is 0.0255. The summed E-state index contributed by atoms with van der Waals surface area (Å²) in [5, 5.41) is 0.0990. The van der Waals surface area contributed by atoms with Crippen LogP contribution in [0, 0.1) is 0 Å². The molecular formula is C8H19F2NOSi. The molecule has 0 aromatic rings. The smallest absolute Gasteiger partial charge is 0.255 e. The van der Waals surface area contributed by atoms with Gasteiger partial charge in [0.1, 0.15) is 0 Å². The molecule has 0 heterocycles. The predicted octanol–water partition coefficient (Wildman–Crippen LogP) is 1.75. The van der Waals surface area contributed by atoms with E-state index in [0.717, 1.165) is 0 Å². The van der Waals surface area contributed by atoms with Crippen molar-refractivity contribution in [3.63, 3.8) is 0 Å². The second-order valence-corrected chi connectivity index (χ2v) is 7.69. The lowest BCUT2D eigenvalue weighted by Gasteiger charge is -2.26. The van der Waals surface area contributed by atoms with Gasteiger partial charge >= 0.3 is 0 Å². The first-order chi connectivity index (χ1) is 5.75. The SMILES string of the molecule is C[SiH](OC[C@H](N)C(F)F)C(C)(C)C. The van der Waals surface area contributed by atoms with E-state index < -0.39 is 21.5 Å². The molecule has 0 aliphatic heterocycles. The summed E-state index contributed by atoms with van der Waals surface area (Å²) >= 11 is 0. The molecule has 0 spiro atoms. The Morgan fingerprint density at radius 1 is 1.38 bits per heavy atom. The van der Waals surface area contributed by atoms with Crippen LogP contribution in [0.15, 0.2) is 0 Å². The van der Waals surface area contributed by atoms with Crippen LogP contribution in [-0.2, 0) is 4.43 Å². The molecule has 0 bridgehead atoms. The van der Waals surface area contributed by atoms with Crippen LogP contribution in [0.3, 0.4) is 0 Å². The van der Waals surface area contributed by atoms with Gasteiger partial charge in [0, 0.05) is 0 Å². The summed E-state index contributed by atoms with van der Waals surface area (Å²) in [5.74, 6) is 0. The Bertz CT molecular complexity index is 150. The Kier molecular flexibility index (Phi) is 5.02. The lowest BCUT2D eigenvalue weighted by Crippen LogP contribution is -2.38. The lowest BCUT2D eigenvalue weighted by atomic mass is 10.3. The largest absolute Gasteiger partial charge is 0.418 e. The Morgan fingerprint density at radius 3 is 2.15 bits per heavy atom. The fourth-order valence-electron chi connectivity index (χ4n) is 0.578. The van der Waals surface area contributed by atoms with Gasteiger partial charge in [0.05, 0.1) is 12.6 Å². The maximum atomic E-state index is 12.0. The summed E-state index contributed by atoms with van der Waals surface area (Å²) < 4.78 is 29.3. The topological polar surface area (TPSA) is 35.2 Å². The molecule has 0 saturated heterocycles. The Morgan fingerprint density at radius 2 is 1.85 bits per heavy atom. The van der Waals surface area contributed by atoms with E-state index in [0.29, 0.717) is 0 Å². The Hall–Kier alpha value is -0.00312. The summed E-state index contributed by atoms with van der Waals surface area (Å²) in [6.07, 6.45) is -2.49. The van der Waals surface area contributed by atoms with E-state index in [-0.39, 0.29) is 11.6 Å². The monoisotopic (exact) mass is 211 g/mol. The van der Waals surface area contributed by atoms with Crippen molar-refractivity contribution in [2.45, 2.75) is 44.8 Å². The van der Waals surface area contributed by atoms with Gasteiger partial charge in [-0.25, -0.2) is 8.78 Å². The number of rotatable bonds is 4. The van der Waals surface area contributed by atoms with E-state index in [2.05, 4.69) is 20.8 Å². The summed E-state index contributed by atoms with van der Waals surface area (Å²) in [5.41, 5.74) is 5.16. The van der Waals surface area contributed by atoms with E-state index in [1.807, 2.05) is 6.55 Å². The average molecular weight is 211 g/mol. The van der Waals surface area contributed by atoms with Crippen molar-refractivity contribution < 1.29 is 13.2 Å². The number of hydrogen-bond acceptors (Lipinski definition) is 2. The molecule has 0 fully saturated rings. The van der Waals surface area contributed by atoms with Crippen molar-refractivity contribution in [3.8, 4) is 0 Å². The normalized spacial score (nSPS) is 17.5. The van der Waals surface area contributed by atoms with Crippen LogP contribution in [0.25, 0.3) is 0 Å². The van der Waals surface area contributed by atoms with E-state index in [1.54, 1.807) is 0 Å². The second-order valence-electron chi connectivity index (χ2n) is 4.34. The maximum absolute atomic E-state index is 12.0. The first kappa shape index (κ1) is 13.0. The van der Waals surface area contributed by atoms with Gasteiger partial charge in [-0.3, -0.25) is 0 Å². The van der Waals surface area contributed by atoms with Crippen LogP contribution >= 0.6 is 0 Å². The Balaban J connectivity index is 3.77. The molecule has 2 nitrogen and oxygen atoms in total. The van der Waals surface area contributed by atoms with Crippen LogP contribution in [-0.4, -0.2) is 28.1 Å². The highest BCUT2D eigenvalue weighted by Gasteiger charge is 2.25. The van der Waals surface area contributed by atoms with Gasteiger partial charge in [-0.2, -0.15) is 0 Å². The summed E-state index contributed by atoms with van der Waals surface area (Å²) in [6.45, 7) is 8.13. The molecule has 2 atom stereocenters. The molecule has 2 N–H and O–H groups in total. The van der Waals surface area contributed by atoms with Gasteiger partial charge in [-0.05, 0) is 11.6 Å². The zero-order chi connectivity index (χ0) is 10.6. The summed E-state index contributed by atoms with van der Waals surface area (Å²) in [6, 6.07) is -1.14. The highest BCUT2D eigenvalue weighted by atomic mass is 28.3. The predicted molar refractivity (Wildman–Crippen MR) is 52.7 cm³/mol. The van der Waals surface area contributed by atoms with E-state index in [1.165, 1.54) is 0 Å². The molecule has 0 radical (unpaired) electrons. The fourth-order valence-corrected chi connectivity index (χ4v) is 1.59. The van der Waals surface area contributed by atoms with Gasteiger partial charge < -0.3 is 10.2 Å². The van der Waals surface area contributed by atoms with Crippen molar-refractivity contribution in [2.24, 2.45) is 5.73 Å². The molecule has 80 valence electrons. The van der Waals surface area contributed by atoms with Crippen molar-refractivity contribution >= 4 is 9.04 Å². The van der Waals surface area contributed by atoms with Crippen LogP contribution in [0.4, 0.5) is 8.78 Å². The van der Waals surface area contributed by atoms with E-state index in [4.69, 9.17) is 10.2 Å². The zero-order valence-corrected chi connectivity index (χ0v) is 9.84. The van der Waals surface area contributed by atoms with Gasteiger partial charge in [-0.1, -0.05) is 20.8 Å². The highest BCUT2D eigenvalue weighted by molar-refractivity contribution is 6.53. The molecule has 5 heteroatoms. The molecule has 0 amide bonds. The summed E-state index contributed by atoms with van der Waals surface area (Å²) in [4.78, 5) is 0. The van der Waals surface area contributed by atoms with Gasteiger partial charge in [0.15, 0.2) is 9.04 Å². The third kappa shape index (κ3) is 5.33. The molecule has 0 aromatic heterocycles. The molecule has 1 unspecified atom stereocenters. The number of halogens is 2.